The van der Waals surface area contributed by atoms with Crippen molar-refractivity contribution in [3.05, 3.63) is 60.7 Å². The number of halogens is 1. The van der Waals surface area contributed by atoms with Gasteiger partial charge in [-0.2, -0.15) is 0 Å². The second-order valence-electron chi connectivity index (χ2n) is 6.64. The Hall–Kier alpha value is -1.81. The van der Waals surface area contributed by atoms with Crippen LogP contribution in [0.15, 0.2) is 70.5 Å². The number of nitrogens with zero attached hydrogens (tertiary/aromatic N) is 1. The third-order valence-electron chi connectivity index (χ3n) is 4.84. The lowest BCUT2D eigenvalue weighted by molar-refractivity contribution is -0.0128. The summed E-state index contributed by atoms with van der Waals surface area (Å²) in [5.74, 6) is -0.644. The maximum absolute atomic E-state index is 15.1. The van der Waals surface area contributed by atoms with Crippen molar-refractivity contribution < 1.29 is 26.0 Å². The van der Waals surface area contributed by atoms with Gasteiger partial charge in [-0.1, -0.05) is 54.0 Å². The summed E-state index contributed by atoms with van der Waals surface area (Å²) < 4.78 is 74.0. The summed E-state index contributed by atoms with van der Waals surface area (Å²) in [6, 6.07) is 14.2. The van der Waals surface area contributed by atoms with Crippen LogP contribution in [-0.2, 0) is 24.8 Å². The van der Waals surface area contributed by atoms with E-state index in [-0.39, 0.29) is 13.5 Å². The van der Waals surface area contributed by atoms with E-state index in [1.165, 1.54) is 48.5 Å². The number of alkyl halides is 1. The lowest BCUT2D eigenvalue weighted by Crippen LogP contribution is -2.48. The highest BCUT2D eigenvalue weighted by Crippen LogP contribution is 2.38. The van der Waals surface area contributed by atoms with E-state index in [1.807, 2.05) is 0 Å². The number of benzene rings is 2. The quantitative estimate of drug-likeness (QED) is 0.707. The summed E-state index contributed by atoms with van der Waals surface area (Å²) in [5, 5.41) is 0. The Balaban J connectivity index is 2.19. The summed E-state index contributed by atoms with van der Waals surface area (Å²) in [6.45, 7) is 3.36. The van der Waals surface area contributed by atoms with Gasteiger partial charge in [0.2, 0.25) is 0 Å². The van der Waals surface area contributed by atoms with Crippen LogP contribution in [-0.4, -0.2) is 39.0 Å². The van der Waals surface area contributed by atoms with E-state index in [0.29, 0.717) is 6.42 Å². The summed E-state index contributed by atoms with van der Waals surface area (Å²) in [4.78, 5) is -0.504. The van der Waals surface area contributed by atoms with Gasteiger partial charge in [0.1, 0.15) is 6.17 Å². The maximum Gasteiger partial charge on any atom is 0.258 e. The first-order valence-corrected chi connectivity index (χ1v) is 11.8. The molecule has 0 spiro atoms. The van der Waals surface area contributed by atoms with Crippen molar-refractivity contribution >= 4 is 20.0 Å². The molecule has 0 unspecified atom stereocenters. The summed E-state index contributed by atoms with van der Waals surface area (Å²) in [5.41, 5.74) is 0. The van der Waals surface area contributed by atoms with E-state index >= 15 is 4.39 Å². The number of hydrogen-bond acceptors (Lipinski definition) is 5. The van der Waals surface area contributed by atoms with Gasteiger partial charge < -0.3 is 4.74 Å². The van der Waals surface area contributed by atoms with Crippen molar-refractivity contribution in [2.24, 2.45) is 5.92 Å². The van der Waals surface area contributed by atoms with Crippen LogP contribution in [0.25, 0.3) is 0 Å². The number of hydrogen-bond donors (Lipinski definition) is 0. The molecule has 2 aromatic rings. The van der Waals surface area contributed by atoms with Gasteiger partial charge >= 0.3 is 0 Å². The minimum Gasteiger partial charge on any atom is -0.354 e. The molecular formula is C19H22FNO5S2. The zero-order valence-corrected chi connectivity index (χ0v) is 17.1. The van der Waals surface area contributed by atoms with Crippen molar-refractivity contribution in [1.29, 1.82) is 0 Å². The Morgan fingerprint density at radius 3 is 1.68 bits per heavy atom. The van der Waals surface area contributed by atoms with E-state index in [1.54, 1.807) is 26.0 Å². The molecule has 1 saturated heterocycles. The van der Waals surface area contributed by atoms with E-state index in [2.05, 4.69) is 0 Å². The number of rotatable bonds is 6. The Bertz CT molecular complexity index is 943. The van der Waals surface area contributed by atoms with Crippen molar-refractivity contribution in [2.75, 3.05) is 0 Å². The van der Waals surface area contributed by atoms with Crippen molar-refractivity contribution in [3.8, 4) is 0 Å². The van der Waals surface area contributed by atoms with Gasteiger partial charge in [-0.05, 0) is 30.7 Å². The first-order valence-electron chi connectivity index (χ1n) is 8.90. The Labute approximate surface area is 165 Å². The largest absolute Gasteiger partial charge is 0.354 e. The monoisotopic (exact) mass is 427 g/mol. The lowest BCUT2D eigenvalue weighted by atomic mass is 10.0. The molecule has 6 nitrogen and oxygen atoms in total. The van der Waals surface area contributed by atoms with Crippen LogP contribution in [0.5, 0.6) is 0 Å². The molecule has 0 aromatic heterocycles. The highest BCUT2D eigenvalue weighted by Gasteiger charge is 2.53. The second-order valence-corrected chi connectivity index (χ2v) is 10.5. The molecule has 0 bridgehead atoms. The van der Waals surface area contributed by atoms with Crippen LogP contribution in [0.4, 0.5) is 4.39 Å². The lowest BCUT2D eigenvalue weighted by Gasteiger charge is -2.28. The average Bonchev–Trinajstić information content (AvgIpc) is 2.97. The zero-order chi connectivity index (χ0) is 20.5. The van der Waals surface area contributed by atoms with Gasteiger partial charge in [-0.15, -0.1) is 0 Å². The Morgan fingerprint density at radius 1 is 0.893 bits per heavy atom. The predicted molar refractivity (Wildman–Crippen MR) is 102 cm³/mol. The van der Waals surface area contributed by atoms with Crippen molar-refractivity contribution in [2.45, 2.75) is 48.6 Å². The maximum atomic E-state index is 15.1. The third-order valence-corrected chi connectivity index (χ3v) is 9.12. The molecule has 0 N–H and O–H groups in total. The van der Waals surface area contributed by atoms with Crippen LogP contribution in [0, 0.1) is 5.92 Å². The molecule has 0 radical (unpaired) electrons. The van der Waals surface area contributed by atoms with Crippen LogP contribution < -0.4 is 0 Å². The molecule has 1 aliphatic rings. The average molecular weight is 428 g/mol. The minimum atomic E-state index is -4.60. The molecule has 1 fully saturated rings. The zero-order valence-electron chi connectivity index (χ0n) is 15.5. The smallest absolute Gasteiger partial charge is 0.258 e. The summed E-state index contributed by atoms with van der Waals surface area (Å²) in [7, 11) is -9.20. The molecule has 1 heterocycles. The standard InChI is InChI=1S/C19H22FNO5S2/c1-3-17-14(2)18(20)19(26-17)21(27(22,23)15-10-6-4-7-11-15)28(24,25)16-12-8-5-9-13-16/h4-14,17-19H,3H2,1-2H3/t14-,17-,18+,19+/m1/s1. The van der Waals surface area contributed by atoms with Crippen LogP contribution >= 0.6 is 0 Å². The molecule has 28 heavy (non-hydrogen) atoms. The van der Waals surface area contributed by atoms with Crippen molar-refractivity contribution in [1.82, 2.24) is 3.71 Å². The molecule has 3 rings (SSSR count). The second kappa shape index (κ2) is 7.90. The van der Waals surface area contributed by atoms with Gasteiger partial charge in [0.25, 0.3) is 20.0 Å². The molecule has 0 saturated carbocycles. The molecule has 1 aliphatic heterocycles. The molecular weight excluding hydrogens is 405 g/mol. The van der Waals surface area contributed by atoms with Crippen LogP contribution in [0.1, 0.15) is 20.3 Å². The first-order chi connectivity index (χ1) is 13.2. The molecule has 0 amide bonds. The molecule has 9 heteroatoms. The topological polar surface area (TPSA) is 80.8 Å². The van der Waals surface area contributed by atoms with E-state index in [9.17, 15) is 16.8 Å². The van der Waals surface area contributed by atoms with Crippen LogP contribution in [0.2, 0.25) is 0 Å². The fourth-order valence-electron chi connectivity index (χ4n) is 3.27. The number of ether oxygens (including phenoxy) is 1. The van der Waals surface area contributed by atoms with Gasteiger partial charge in [0, 0.05) is 5.92 Å². The summed E-state index contributed by atoms with van der Waals surface area (Å²) >= 11 is 0. The number of sulfonamides is 2. The fourth-order valence-corrected chi connectivity index (χ4v) is 7.12. The Morgan fingerprint density at radius 2 is 1.32 bits per heavy atom. The van der Waals surface area contributed by atoms with E-state index in [0.717, 1.165) is 0 Å². The van der Waals surface area contributed by atoms with E-state index in [4.69, 9.17) is 4.74 Å². The molecule has 0 aliphatic carbocycles. The third kappa shape index (κ3) is 3.59. The predicted octanol–water partition coefficient (Wildman–Crippen LogP) is 3.18. The minimum absolute atomic E-state index is 0.196. The van der Waals surface area contributed by atoms with Gasteiger partial charge in [-0.25, -0.2) is 21.2 Å². The Kier molecular flexibility index (Phi) is 5.90. The van der Waals surface area contributed by atoms with Gasteiger partial charge in [0.05, 0.1) is 15.9 Å². The van der Waals surface area contributed by atoms with Gasteiger partial charge in [0.15, 0.2) is 6.23 Å². The molecule has 152 valence electrons. The molecule has 4 atom stereocenters. The fraction of sp³-hybridized carbons (Fsp3) is 0.368. The van der Waals surface area contributed by atoms with Crippen LogP contribution in [0.3, 0.4) is 0 Å². The summed E-state index contributed by atoms with van der Waals surface area (Å²) in [6.07, 6.45) is -3.71. The first kappa shape index (κ1) is 20.9. The highest BCUT2D eigenvalue weighted by atomic mass is 32.3. The normalized spacial score (nSPS) is 25.9. The molecule has 2 aromatic carbocycles. The SMILES string of the molecule is CC[C@H]1O[C@H](N(S(=O)(=O)c2ccccc2)S(=O)(=O)c2ccccc2)[C@@H](F)[C@@H]1C. The highest BCUT2D eigenvalue weighted by molar-refractivity contribution is 8.04. The van der Waals surface area contributed by atoms with Gasteiger partial charge in [-0.3, -0.25) is 0 Å². The van der Waals surface area contributed by atoms with Crippen molar-refractivity contribution in [3.63, 3.8) is 0 Å². The van der Waals surface area contributed by atoms with E-state index < -0.39 is 44.5 Å².